The molecule has 0 atom stereocenters. The Morgan fingerprint density at radius 3 is 2.56 bits per heavy atom. The molecule has 0 aliphatic heterocycles. The number of hydrogen-bond acceptors (Lipinski definition) is 4. The van der Waals surface area contributed by atoms with Gasteiger partial charge in [-0.25, -0.2) is 9.97 Å². The van der Waals surface area contributed by atoms with Crippen molar-refractivity contribution in [3.8, 4) is 11.1 Å². The summed E-state index contributed by atoms with van der Waals surface area (Å²) < 4.78 is 0. The highest BCUT2D eigenvalue weighted by Crippen LogP contribution is 2.36. The smallest absolute Gasteiger partial charge is 0.138 e. The lowest BCUT2D eigenvalue weighted by Crippen LogP contribution is -2.07. The van der Waals surface area contributed by atoms with E-state index in [9.17, 15) is 0 Å². The van der Waals surface area contributed by atoms with Crippen molar-refractivity contribution < 1.29 is 0 Å². The van der Waals surface area contributed by atoms with Crippen LogP contribution in [-0.2, 0) is 6.42 Å². The third-order valence-corrected chi connectivity index (χ3v) is 5.21. The average molecular weight is 366 g/mol. The first-order valence-electron chi connectivity index (χ1n) is 8.07. The fourth-order valence-electron chi connectivity index (χ4n) is 2.82. The molecular formula is C20H16ClN3S. The summed E-state index contributed by atoms with van der Waals surface area (Å²) in [6, 6.07) is 18.3. The molecule has 0 saturated heterocycles. The lowest BCUT2D eigenvalue weighted by atomic mass is 10.1. The molecule has 4 aromatic rings. The fourth-order valence-corrected chi connectivity index (χ4v) is 3.86. The second-order valence-corrected chi connectivity index (χ2v) is 7.02. The molecule has 0 unspecified atom stereocenters. The first kappa shape index (κ1) is 16.1. The molecule has 0 aliphatic carbocycles. The highest BCUT2D eigenvalue weighted by molar-refractivity contribution is 7.17. The number of thiophene rings is 1. The van der Waals surface area contributed by atoms with Crippen LogP contribution >= 0.6 is 22.9 Å². The maximum absolute atomic E-state index is 5.94. The van der Waals surface area contributed by atoms with Crippen molar-refractivity contribution >= 4 is 39.0 Å². The van der Waals surface area contributed by atoms with Gasteiger partial charge in [0.2, 0.25) is 0 Å². The number of halogens is 1. The van der Waals surface area contributed by atoms with Crippen molar-refractivity contribution in [3.05, 3.63) is 76.9 Å². The molecule has 0 aliphatic rings. The van der Waals surface area contributed by atoms with Crippen LogP contribution in [0, 0.1) is 0 Å². The monoisotopic (exact) mass is 365 g/mol. The van der Waals surface area contributed by atoms with Crippen LogP contribution in [-0.4, -0.2) is 16.5 Å². The molecule has 124 valence electrons. The summed E-state index contributed by atoms with van der Waals surface area (Å²) >= 11 is 7.59. The zero-order valence-corrected chi connectivity index (χ0v) is 15.0. The van der Waals surface area contributed by atoms with Crippen LogP contribution in [0.5, 0.6) is 0 Å². The number of fused-ring (bicyclic) bond motifs is 1. The third kappa shape index (κ3) is 3.50. The van der Waals surface area contributed by atoms with E-state index in [1.807, 2.05) is 18.2 Å². The minimum atomic E-state index is 0.764. The van der Waals surface area contributed by atoms with Crippen molar-refractivity contribution in [2.75, 3.05) is 11.9 Å². The first-order chi connectivity index (χ1) is 12.3. The Balaban J connectivity index is 1.59. The van der Waals surface area contributed by atoms with Crippen LogP contribution < -0.4 is 5.32 Å². The summed E-state index contributed by atoms with van der Waals surface area (Å²) in [5.74, 6) is 0.888. The van der Waals surface area contributed by atoms with E-state index in [0.717, 1.165) is 34.0 Å². The van der Waals surface area contributed by atoms with E-state index >= 15 is 0 Å². The standard InChI is InChI=1S/C20H16ClN3S/c21-16-8-6-14(7-9-16)10-11-22-19-18-17(15-4-2-1-3-5-15)12-25-20(18)24-13-23-19/h1-9,12-13H,10-11H2,(H,22,23,24). The Labute approximate surface area is 155 Å². The van der Waals surface area contributed by atoms with Crippen LogP contribution in [0.3, 0.4) is 0 Å². The van der Waals surface area contributed by atoms with Crippen LogP contribution in [0.15, 0.2) is 66.3 Å². The molecule has 2 aromatic carbocycles. The van der Waals surface area contributed by atoms with Gasteiger partial charge in [-0.1, -0.05) is 54.1 Å². The largest absolute Gasteiger partial charge is 0.369 e. The Kier molecular flexibility index (Phi) is 4.63. The molecule has 1 N–H and O–H groups in total. The van der Waals surface area contributed by atoms with Gasteiger partial charge in [-0.3, -0.25) is 0 Å². The van der Waals surface area contributed by atoms with Gasteiger partial charge in [-0.15, -0.1) is 11.3 Å². The second-order valence-electron chi connectivity index (χ2n) is 5.72. The zero-order valence-electron chi connectivity index (χ0n) is 13.4. The van der Waals surface area contributed by atoms with Crippen molar-refractivity contribution in [1.29, 1.82) is 0 Å². The molecular weight excluding hydrogens is 350 g/mol. The van der Waals surface area contributed by atoms with Gasteiger partial charge in [0.1, 0.15) is 17.0 Å². The molecule has 5 heteroatoms. The maximum Gasteiger partial charge on any atom is 0.138 e. The van der Waals surface area contributed by atoms with Gasteiger partial charge in [0.25, 0.3) is 0 Å². The normalized spacial score (nSPS) is 10.9. The number of nitrogens with one attached hydrogen (secondary N) is 1. The Hall–Kier alpha value is -2.43. The molecule has 0 fully saturated rings. The summed E-state index contributed by atoms with van der Waals surface area (Å²) in [6.07, 6.45) is 2.53. The summed E-state index contributed by atoms with van der Waals surface area (Å²) in [4.78, 5) is 9.89. The number of hydrogen-bond donors (Lipinski definition) is 1. The van der Waals surface area contributed by atoms with Crippen molar-refractivity contribution in [2.45, 2.75) is 6.42 Å². The van der Waals surface area contributed by atoms with Crippen LogP contribution in [0.25, 0.3) is 21.3 Å². The molecule has 0 amide bonds. The van der Waals surface area contributed by atoms with Crippen molar-refractivity contribution in [1.82, 2.24) is 9.97 Å². The van der Waals surface area contributed by atoms with Gasteiger partial charge in [0, 0.05) is 22.5 Å². The van der Waals surface area contributed by atoms with Crippen LogP contribution in [0.1, 0.15) is 5.56 Å². The van der Waals surface area contributed by atoms with E-state index in [-0.39, 0.29) is 0 Å². The number of aromatic nitrogens is 2. The van der Waals surface area contributed by atoms with E-state index in [4.69, 9.17) is 11.6 Å². The molecule has 0 bridgehead atoms. The molecule has 3 nitrogen and oxygen atoms in total. The number of nitrogens with zero attached hydrogens (tertiary/aromatic N) is 2. The van der Waals surface area contributed by atoms with E-state index in [2.05, 4.69) is 57.1 Å². The predicted octanol–water partition coefficient (Wildman–Crippen LogP) is 5.67. The highest BCUT2D eigenvalue weighted by Gasteiger charge is 2.12. The number of anilines is 1. The number of rotatable bonds is 5. The third-order valence-electron chi connectivity index (χ3n) is 4.07. The molecule has 25 heavy (non-hydrogen) atoms. The molecule has 0 saturated carbocycles. The van der Waals surface area contributed by atoms with Gasteiger partial charge in [-0.2, -0.15) is 0 Å². The van der Waals surface area contributed by atoms with E-state index in [1.54, 1.807) is 17.7 Å². The van der Waals surface area contributed by atoms with Gasteiger partial charge in [0.05, 0.1) is 5.39 Å². The summed E-state index contributed by atoms with van der Waals surface area (Å²) in [6.45, 7) is 0.803. The van der Waals surface area contributed by atoms with Crippen molar-refractivity contribution in [3.63, 3.8) is 0 Å². The lowest BCUT2D eigenvalue weighted by Gasteiger charge is -2.08. The van der Waals surface area contributed by atoms with E-state index in [0.29, 0.717) is 0 Å². The fraction of sp³-hybridized carbons (Fsp3) is 0.100. The quantitative estimate of drug-likeness (QED) is 0.495. The summed E-state index contributed by atoms with van der Waals surface area (Å²) in [5, 5.41) is 7.48. The molecule has 0 radical (unpaired) electrons. The summed E-state index contributed by atoms with van der Waals surface area (Å²) in [5.41, 5.74) is 3.61. The Morgan fingerprint density at radius 1 is 0.960 bits per heavy atom. The van der Waals surface area contributed by atoms with E-state index < -0.39 is 0 Å². The van der Waals surface area contributed by atoms with Crippen molar-refractivity contribution in [2.24, 2.45) is 0 Å². The van der Waals surface area contributed by atoms with Crippen LogP contribution in [0.4, 0.5) is 5.82 Å². The van der Waals surface area contributed by atoms with E-state index in [1.165, 1.54) is 16.7 Å². The first-order valence-corrected chi connectivity index (χ1v) is 9.33. The van der Waals surface area contributed by atoms with Gasteiger partial charge >= 0.3 is 0 Å². The van der Waals surface area contributed by atoms with Gasteiger partial charge in [0.15, 0.2) is 0 Å². The summed E-state index contributed by atoms with van der Waals surface area (Å²) in [7, 11) is 0. The van der Waals surface area contributed by atoms with Crippen LogP contribution in [0.2, 0.25) is 5.02 Å². The maximum atomic E-state index is 5.94. The van der Waals surface area contributed by atoms with Gasteiger partial charge in [-0.05, 0) is 29.7 Å². The Bertz CT molecular complexity index is 981. The second kappa shape index (κ2) is 7.21. The topological polar surface area (TPSA) is 37.8 Å². The number of benzene rings is 2. The predicted molar refractivity (Wildman–Crippen MR) is 106 cm³/mol. The molecule has 2 aromatic heterocycles. The highest BCUT2D eigenvalue weighted by atomic mass is 35.5. The molecule has 2 heterocycles. The minimum absolute atomic E-state index is 0.764. The molecule has 0 spiro atoms. The SMILES string of the molecule is Clc1ccc(CCNc2ncnc3scc(-c4ccccc4)c23)cc1. The average Bonchev–Trinajstić information content (AvgIpc) is 3.09. The van der Waals surface area contributed by atoms with Gasteiger partial charge < -0.3 is 5.32 Å². The minimum Gasteiger partial charge on any atom is -0.369 e. The lowest BCUT2D eigenvalue weighted by molar-refractivity contribution is 1.01. The zero-order chi connectivity index (χ0) is 17.1. The Morgan fingerprint density at radius 2 is 1.76 bits per heavy atom. The molecule has 4 rings (SSSR count).